The molecule has 0 aliphatic rings. The molecule has 0 saturated heterocycles. The van der Waals surface area contributed by atoms with E-state index in [1.807, 2.05) is 16.8 Å². The lowest BCUT2D eigenvalue weighted by atomic mass is 9.98. The van der Waals surface area contributed by atoms with E-state index in [1.54, 1.807) is 0 Å². The summed E-state index contributed by atoms with van der Waals surface area (Å²) in [5, 5.41) is 20.9. The van der Waals surface area contributed by atoms with Crippen molar-refractivity contribution < 1.29 is 19.8 Å². The summed E-state index contributed by atoms with van der Waals surface area (Å²) in [5.41, 5.74) is 0.878. The van der Waals surface area contributed by atoms with Crippen LogP contribution in [0.4, 0.5) is 0 Å². The smallest absolute Gasteiger partial charge is 0.307 e. The lowest BCUT2D eigenvalue weighted by molar-refractivity contribution is -0.148. The number of thiophene rings is 1. The first-order valence-electron chi connectivity index (χ1n) is 4.05. The maximum Gasteiger partial charge on any atom is 0.307 e. The van der Waals surface area contributed by atoms with Gasteiger partial charge in [-0.2, -0.15) is 11.3 Å². The minimum Gasteiger partial charge on any atom is -0.481 e. The number of hydrogen-bond acceptors (Lipinski definition) is 3. The van der Waals surface area contributed by atoms with Crippen LogP contribution in [-0.2, 0) is 16.0 Å². The van der Waals surface area contributed by atoms with Gasteiger partial charge in [0.2, 0.25) is 0 Å². The first-order valence-corrected chi connectivity index (χ1v) is 4.99. The van der Waals surface area contributed by atoms with Gasteiger partial charge in [0, 0.05) is 0 Å². The van der Waals surface area contributed by atoms with Gasteiger partial charge in [-0.1, -0.05) is 0 Å². The van der Waals surface area contributed by atoms with Gasteiger partial charge in [0.15, 0.2) is 0 Å². The van der Waals surface area contributed by atoms with Crippen molar-refractivity contribution in [2.24, 2.45) is 5.92 Å². The highest BCUT2D eigenvalue weighted by Gasteiger charge is 2.21. The fourth-order valence-corrected chi connectivity index (χ4v) is 1.83. The van der Waals surface area contributed by atoms with E-state index < -0.39 is 17.9 Å². The molecule has 1 aromatic rings. The van der Waals surface area contributed by atoms with Gasteiger partial charge in [-0.15, -0.1) is 0 Å². The molecule has 0 aliphatic carbocycles. The molecule has 1 aromatic heterocycles. The van der Waals surface area contributed by atoms with E-state index in [4.69, 9.17) is 10.2 Å². The third-order valence-corrected chi connectivity index (χ3v) is 2.56. The molecule has 0 radical (unpaired) electrons. The second-order valence-electron chi connectivity index (χ2n) is 2.97. The highest BCUT2D eigenvalue weighted by Crippen LogP contribution is 2.15. The Morgan fingerprint density at radius 2 is 2.14 bits per heavy atom. The molecule has 1 atom stereocenters. The van der Waals surface area contributed by atoms with Crippen molar-refractivity contribution in [3.05, 3.63) is 22.4 Å². The van der Waals surface area contributed by atoms with Crippen LogP contribution in [0.3, 0.4) is 0 Å². The molecule has 0 spiro atoms. The van der Waals surface area contributed by atoms with E-state index >= 15 is 0 Å². The predicted molar refractivity (Wildman–Crippen MR) is 51.4 cm³/mol. The highest BCUT2D eigenvalue weighted by atomic mass is 32.1. The summed E-state index contributed by atoms with van der Waals surface area (Å²) >= 11 is 1.47. The van der Waals surface area contributed by atoms with Gasteiger partial charge in [0.05, 0.1) is 12.3 Å². The summed E-state index contributed by atoms with van der Waals surface area (Å²) in [6.07, 6.45) is -0.0453. The molecule has 0 aliphatic heterocycles. The second-order valence-corrected chi connectivity index (χ2v) is 3.75. The normalized spacial score (nSPS) is 12.3. The van der Waals surface area contributed by atoms with Crippen molar-refractivity contribution in [3.63, 3.8) is 0 Å². The number of rotatable bonds is 5. The van der Waals surface area contributed by atoms with Crippen molar-refractivity contribution >= 4 is 23.3 Å². The molecule has 1 heterocycles. The Morgan fingerprint density at radius 1 is 1.43 bits per heavy atom. The topological polar surface area (TPSA) is 74.6 Å². The summed E-state index contributed by atoms with van der Waals surface area (Å²) in [7, 11) is 0. The maximum atomic E-state index is 10.7. The molecule has 14 heavy (non-hydrogen) atoms. The molecule has 4 nitrogen and oxygen atoms in total. The molecule has 1 unspecified atom stereocenters. The van der Waals surface area contributed by atoms with Crippen LogP contribution in [0.5, 0.6) is 0 Å². The number of carboxylic acid groups (broad SMARTS) is 2. The van der Waals surface area contributed by atoms with Gasteiger partial charge < -0.3 is 10.2 Å². The van der Waals surface area contributed by atoms with Gasteiger partial charge >= 0.3 is 11.9 Å². The monoisotopic (exact) mass is 214 g/mol. The van der Waals surface area contributed by atoms with Gasteiger partial charge in [0.1, 0.15) is 0 Å². The Balaban J connectivity index is 2.60. The molecule has 76 valence electrons. The average molecular weight is 214 g/mol. The molecule has 0 aromatic carbocycles. The van der Waals surface area contributed by atoms with Crippen molar-refractivity contribution in [1.29, 1.82) is 0 Å². The third-order valence-electron chi connectivity index (χ3n) is 1.83. The van der Waals surface area contributed by atoms with Gasteiger partial charge in [0.25, 0.3) is 0 Å². The van der Waals surface area contributed by atoms with Gasteiger partial charge in [-0.05, 0) is 28.8 Å². The van der Waals surface area contributed by atoms with Crippen LogP contribution in [0.15, 0.2) is 16.8 Å². The number of aliphatic carboxylic acids is 2. The van der Waals surface area contributed by atoms with E-state index in [0.717, 1.165) is 5.56 Å². The molecule has 2 N–H and O–H groups in total. The van der Waals surface area contributed by atoms with E-state index in [0.29, 0.717) is 0 Å². The fourth-order valence-electron chi connectivity index (χ4n) is 1.15. The third kappa shape index (κ3) is 3.18. The number of carboxylic acids is 2. The second kappa shape index (κ2) is 4.76. The lowest BCUT2D eigenvalue weighted by Crippen LogP contribution is -2.19. The zero-order valence-electron chi connectivity index (χ0n) is 7.34. The maximum absolute atomic E-state index is 10.7. The summed E-state index contributed by atoms with van der Waals surface area (Å²) in [4.78, 5) is 21.1. The first kappa shape index (κ1) is 10.7. The fraction of sp³-hybridized carbons (Fsp3) is 0.333. The SMILES string of the molecule is O=C(O)CC(Cc1ccsc1)C(=O)O. The minimum absolute atomic E-state index is 0.283. The Morgan fingerprint density at radius 3 is 2.57 bits per heavy atom. The molecule has 1 rings (SSSR count). The highest BCUT2D eigenvalue weighted by molar-refractivity contribution is 7.07. The molecule has 5 heteroatoms. The van der Waals surface area contributed by atoms with Gasteiger partial charge in [-0.25, -0.2) is 0 Å². The zero-order valence-corrected chi connectivity index (χ0v) is 8.16. The number of carbonyl (C=O) groups is 2. The van der Waals surface area contributed by atoms with Crippen LogP contribution >= 0.6 is 11.3 Å². The van der Waals surface area contributed by atoms with Crippen molar-refractivity contribution in [1.82, 2.24) is 0 Å². The standard InChI is InChI=1S/C9H10O4S/c10-8(11)4-7(9(12)13)3-6-1-2-14-5-6/h1-2,5,7H,3-4H2,(H,10,11)(H,12,13). The molecule has 0 saturated carbocycles. The van der Waals surface area contributed by atoms with Gasteiger partial charge in [-0.3, -0.25) is 9.59 Å². The quantitative estimate of drug-likeness (QED) is 0.778. The van der Waals surface area contributed by atoms with E-state index in [2.05, 4.69) is 0 Å². The van der Waals surface area contributed by atoms with Crippen LogP contribution in [0.1, 0.15) is 12.0 Å². The largest absolute Gasteiger partial charge is 0.481 e. The Bertz CT molecular complexity index is 318. The lowest BCUT2D eigenvalue weighted by Gasteiger charge is -2.07. The van der Waals surface area contributed by atoms with Crippen LogP contribution in [0, 0.1) is 5.92 Å². The van der Waals surface area contributed by atoms with E-state index in [-0.39, 0.29) is 12.8 Å². The van der Waals surface area contributed by atoms with Crippen LogP contribution in [0.2, 0.25) is 0 Å². The number of hydrogen-bond donors (Lipinski definition) is 2. The van der Waals surface area contributed by atoms with Crippen LogP contribution < -0.4 is 0 Å². The van der Waals surface area contributed by atoms with E-state index in [9.17, 15) is 9.59 Å². The predicted octanol–water partition coefficient (Wildman–Crippen LogP) is 1.47. The van der Waals surface area contributed by atoms with Crippen LogP contribution in [-0.4, -0.2) is 22.2 Å². The summed E-state index contributed by atoms with van der Waals surface area (Å²) in [6, 6.07) is 1.81. The summed E-state index contributed by atoms with van der Waals surface area (Å²) in [5.74, 6) is -2.96. The van der Waals surface area contributed by atoms with Crippen LogP contribution in [0.25, 0.3) is 0 Å². The minimum atomic E-state index is -1.08. The Labute approximate surface area is 84.8 Å². The summed E-state index contributed by atoms with van der Waals surface area (Å²) < 4.78 is 0. The van der Waals surface area contributed by atoms with E-state index in [1.165, 1.54) is 11.3 Å². The first-order chi connectivity index (χ1) is 6.59. The molecular formula is C9H10O4S. The molecule has 0 bridgehead atoms. The Kier molecular flexibility index (Phi) is 3.64. The molecule has 0 fully saturated rings. The summed E-state index contributed by atoms with van der Waals surface area (Å²) in [6.45, 7) is 0. The van der Waals surface area contributed by atoms with Crippen molar-refractivity contribution in [2.75, 3.05) is 0 Å². The Hall–Kier alpha value is -1.36. The molecule has 0 amide bonds. The van der Waals surface area contributed by atoms with Crippen molar-refractivity contribution in [3.8, 4) is 0 Å². The van der Waals surface area contributed by atoms with Crippen molar-refractivity contribution in [2.45, 2.75) is 12.8 Å². The average Bonchev–Trinajstić information content (AvgIpc) is 2.54. The zero-order chi connectivity index (χ0) is 10.6. The molecular weight excluding hydrogens is 204 g/mol.